The number of carboxylic acids is 1. The molecule has 21 heavy (non-hydrogen) atoms. The lowest BCUT2D eigenvalue weighted by atomic mass is 9.83. The van der Waals surface area contributed by atoms with E-state index in [2.05, 4.69) is 9.97 Å². The van der Waals surface area contributed by atoms with Gasteiger partial charge in [0.25, 0.3) is 0 Å². The summed E-state index contributed by atoms with van der Waals surface area (Å²) in [6.07, 6.45) is 3.87. The normalized spacial score (nSPS) is 21.8. The molecule has 0 spiro atoms. The average Bonchev–Trinajstić information content (AvgIpc) is 2.84. The van der Waals surface area contributed by atoms with Crippen molar-refractivity contribution in [2.75, 3.05) is 18.0 Å². The van der Waals surface area contributed by atoms with Gasteiger partial charge in [0, 0.05) is 25.4 Å². The van der Waals surface area contributed by atoms with Gasteiger partial charge in [-0.25, -0.2) is 4.98 Å². The van der Waals surface area contributed by atoms with Gasteiger partial charge in [-0.2, -0.15) is 4.98 Å². The first-order valence-corrected chi connectivity index (χ1v) is 7.45. The molecule has 116 valence electrons. The van der Waals surface area contributed by atoms with E-state index in [9.17, 15) is 9.90 Å². The molecule has 0 saturated carbocycles. The predicted octanol–water partition coefficient (Wildman–Crippen LogP) is 2.35. The summed E-state index contributed by atoms with van der Waals surface area (Å²) in [5.41, 5.74) is -0.674. The van der Waals surface area contributed by atoms with Crippen molar-refractivity contribution in [2.24, 2.45) is 5.41 Å². The molecule has 1 aromatic heterocycles. The number of aliphatic carboxylic acids is 1. The van der Waals surface area contributed by atoms with Gasteiger partial charge in [-0.15, -0.1) is 0 Å². The van der Waals surface area contributed by atoms with Crippen LogP contribution in [0, 0.1) is 5.41 Å². The van der Waals surface area contributed by atoms with Crippen LogP contribution in [0.1, 0.15) is 40.0 Å². The molecular formula is C15H23N3O3. The molecule has 1 saturated heterocycles. The van der Waals surface area contributed by atoms with Crippen molar-refractivity contribution in [1.29, 1.82) is 0 Å². The Labute approximate surface area is 125 Å². The van der Waals surface area contributed by atoms with E-state index < -0.39 is 11.4 Å². The summed E-state index contributed by atoms with van der Waals surface area (Å²) in [5.74, 6) is 0.354. The molecule has 2 heterocycles. The van der Waals surface area contributed by atoms with Gasteiger partial charge in [-0.3, -0.25) is 4.79 Å². The van der Waals surface area contributed by atoms with Crippen LogP contribution < -0.4 is 9.64 Å². The van der Waals surface area contributed by atoms with Gasteiger partial charge in [-0.1, -0.05) is 13.3 Å². The standard InChI is InChI=1S/C15H23N3O3/c1-4-6-15(13(19)20)7-9-18(10-15)14-16-8-5-12(17-14)21-11(2)3/h5,8,11H,4,6-7,9-10H2,1-3H3,(H,19,20). The van der Waals surface area contributed by atoms with Crippen molar-refractivity contribution >= 4 is 11.9 Å². The Hall–Kier alpha value is -1.85. The van der Waals surface area contributed by atoms with Crippen LogP contribution in [0.2, 0.25) is 0 Å². The maximum atomic E-state index is 11.6. The maximum Gasteiger partial charge on any atom is 0.311 e. The van der Waals surface area contributed by atoms with E-state index in [0.717, 1.165) is 6.42 Å². The van der Waals surface area contributed by atoms with E-state index in [0.29, 0.717) is 37.8 Å². The van der Waals surface area contributed by atoms with Crippen LogP contribution in [0.25, 0.3) is 0 Å². The van der Waals surface area contributed by atoms with Crippen molar-refractivity contribution < 1.29 is 14.6 Å². The lowest BCUT2D eigenvalue weighted by molar-refractivity contribution is -0.148. The van der Waals surface area contributed by atoms with E-state index in [4.69, 9.17) is 4.74 Å². The first-order valence-electron chi connectivity index (χ1n) is 7.45. The summed E-state index contributed by atoms with van der Waals surface area (Å²) in [7, 11) is 0. The SMILES string of the molecule is CCCC1(C(=O)O)CCN(c2nccc(OC(C)C)n2)C1. The monoisotopic (exact) mass is 293 g/mol. The summed E-state index contributed by atoms with van der Waals surface area (Å²) in [5, 5.41) is 9.54. The molecule has 1 aromatic rings. The van der Waals surface area contributed by atoms with Crippen molar-refractivity contribution in [1.82, 2.24) is 9.97 Å². The highest BCUT2D eigenvalue weighted by molar-refractivity contribution is 5.76. The third-order valence-electron chi connectivity index (χ3n) is 3.79. The Balaban J connectivity index is 2.15. The van der Waals surface area contributed by atoms with Crippen LogP contribution in [0.3, 0.4) is 0 Å². The second kappa shape index (κ2) is 6.28. The molecule has 1 atom stereocenters. The average molecular weight is 293 g/mol. The van der Waals surface area contributed by atoms with Crippen molar-refractivity contribution in [3.05, 3.63) is 12.3 Å². The van der Waals surface area contributed by atoms with Gasteiger partial charge in [0.2, 0.25) is 11.8 Å². The van der Waals surface area contributed by atoms with E-state index >= 15 is 0 Å². The smallest absolute Gasteiger partial charge is 0.311 e. The van der Waals surface area contributed by atoms with Gasteiger partial charge in [0.1, 0.15) is 0 Å². The molecule has 1 N–H and O–H groups in total. The molecule has 1 aliphatic heterocycles. The highest BCUT2D eigenvalue weighted by Crippen LogP contribution is 2.37. The third-order valence-corrected chi connectivity index (χ3v) is 3.79. The topological polar surface area (TPSA) is 75.5 Å². The summed E-state index contributed by atoms with van der Waals surface area (Å²) in [6.45, 7) is 7.02. The molecule has 6 nitrogen and oxygen atoms in total. The molecule has 0 aliphatic carbocycles. The zero-order valence-electron chi connectivity index (χ0n) is 12.9. The number of anilines is 1. The number of hydrogen-bond donors (Lipinski definition) is 1. The van der Waals surface area contributed by atoms with Gasteiger partial charge in [-0.05, 0) is 26.7 Å². The van der Waals surface area contributed by atoms with Crippen molar-refractivity contribution in [3.63, 3.8) is 0 Å². The fourth-order valence-corrected chi connectivity index (χ4v) is 2.80. The minimum Gasteiger partial charge on any atom is -0.481 e. The number of aromatic nitrogens is 2. The molecule has 6 heteroatoms. The van der Waals surface area contributed by atoms with Crippen molar-refractivity contribution in [2.45, 2.75) is 46.1 Å². The second-order valence-corrected chi connectivity index (χ2v) is 5.87. The molecule has 1 fully saturated rings. The number of carbonyl (C=O) groups is 1. The largest absolute Gasteiger partial charge is 0.481 e. The molecule has 0 aromatic carbocycles. The van der Waals surface area contributed by atoms with Crippen LogP contribution in [0.4, 0.5) is 5.95 Å². The highest BCUT2D eigenvalue weighted by atomic mass is 16.5. The lowest BCUT2D eigenvalue weighted by Crippen LogP contribution is -2.35. The van der Waals surface area contributed by atoms with Crippen LogP contribution in [0.5, 0.6) is 5.88 Å². The molecular weight excluding hydrogens is 270 g/mol. The Morgan fingerprint density at radius 3 is 2.95 bits per heavy atom. The Bertz CT molecular complexity index is 507. The first-order chi connectivity index (χ1) is 9.97. The van der Waals surface area contributed by atoms with E-state index in [1.807, 2.05) is 25.7 Å². The quantitative estimate of drug-likeness (QED) is 0.867. The van der Waals surface area contributed by atoms with Gasteiger partial charge < -0.3 is 14.7 Å². The zero-order chi connectivity index (χ0) is 15.5. The van der Waals surface area contributed by atoms with E-state index in [-0.39, 0.29) is 6.10 Å². The third kappa shape index (κ3) is 3.43. The molecule has 0 bridgehead atoms. The van der Waals surface area contributed by atoms with Crippen LogP contribution in [0.15, 0.2) is 12.3 Å². The number of nitrogens with zero attached hydrogens (tertiary/aromatic N) is 3. The summed E-state index contributed by atoms with van der Waals surface area (Å²) in [4.78, 5) is 22.2. The molecule has 1 aliphatic rings. The Kier molecular flexibility index (Phi) is 4.65. The van der Waals surface area contributed by atoms with E-state index in [1.54, 1.807) is 12.3 Å². The predicted molar refractivity (Wildman–Crippen MR) is 79.6 cm³/mol. The molecule has 1 unspecified atom stereocenters. The van der Waals surface area contributed by atoms with Gasteiger partial charge in [0.15, 0.2) is 0 Å². The minimum atomic E-state index is -0.721. The summed E-state index contributed by atoms with van der Waals surface area (Å²) in [6, 6.07) is 1.72. The number of hydrogen-bond acceptors (Lipinski definition) is 5. The van der Waals surface area contributed by atoms with Crippen LogP contribution in [-0.2, 0) is 4.79 Å². The number of carboxylic acid groups (broad SMARTS) is 1. The number of rotatable bonds is 6. The van der Waals surface area contributed by atoms with Gasteiger partial charge >= 0.3 is 5.97 Å². The van der Waals surface area contributed by atoms with Crippen LogP contribution in [-0.4, -0.2) is 40.2 Å². The minimum absolute atomic E-state index is 0.0459. The summed E-state index contributed by atoms with van der Waals surface area (Å²) >= 11 is 0. The zero-order valence-corrected chi connectivity index (χ0v) is 12.9. The fraction of sp³-hybridized carbons (Fsp3) is 0.667. The van der Waals surface area contributed by atoms with Crippen LogP contribution >= 0.6 is 0 Å². The Morgan fingerprint density at radius 2 is 2.33 bits per heavy atom. The summed E-state index contributed by atoms with van der Waals surface area (Å²) < 4.78 is 5.57. The highest BCUT2D eigenvalue weighted by Gasteiger charge is 2.44. The Morgan fingerprint density at radius 1 is 1.57 bits per heavy atom. The first kappa shape index (κ1) is 15.5. The molecule has 0 amide bonds. The van der Waals surface area contributed by atoms with E-state index in [1.165, 1.54) is 0 Å². The van der Waals surface area contributed by atoms with Crippen molar-refractivity contribution in [3.8, 4) is 5.88 Å². The number of ether oxygens (including phenoxy) is 1. The molecule has 0 radical (unpaired) electrons. The van der Waals surface area contributed by atoms with Gasteiger partial charge in [0.05, 0.1) is 11.5 Å². The lowest BCUT2D eigenvalue weighted by Gasteiger charge is -2.24. The fourth-order valence-electron chi connectivity index (χ4n) is 2.80. The second-order valence-electron chi connectivity index (χ2n) is 5.87. The molecule has 2 rings (SSSR count). The maximum absolute atomic E-state index is 11.6.